The fourth-order valence-corrected chi connectivity index (χ4v) is 5.45. The number of carbonyl (C=O) groups is 1. The number of nitrogens with zero attached hydrogens (tertiary/aromatic N) is 3. The molecule has 4 rings (SSSR count). The van der Waals surface area contributed by atoms with Crippen LogP contribution in [0.4, 0.5) is 0 Å². The number of para-hydroxylation sites is 1. The number of hydrogen-bond acceptors (Lipinski definition) is 6. The Morgan fingerprint density at radius 1 is 1.24 bits per heavy atom. The van der Waals surface area contributed by atoms with Gasteiger partial charge in [-0.2, -0.15) is 0 Å². The van der Waals surface area contributed by atoms with E-state index in [4.69, 9.17) is 9.72 Å². The molecule has 0 spiro atoms. The highest BCUT2D eigenvalue weighted by atomic mass is 32.2. The summed E-state index contributed by atoms with van der Waals surface area (Å²) < 4.78 is 9.48. The minimum atomic E-state index is -0.390. The molecule has 0 fully saturated rings. The Labute approximate surface area is 199 Å². The van der Waals surface area contributed by atoms with Gasteiger partial charge in [-0.15, -0.1) is 0 Å². The Kier molecular flexibility index (Phi) is 7.02. The fraction of sp³-hybridized carbons (Fsp3) is 0.423. The molecule has 1 aliphatic heterocycles. The number of aldehydes is 1. The van der Waals surface area contributed by atoms with E-state index in [1.807, 2.05) is 31.2 Å². The highest BCUT2D eigenvalue weighted by Crippen LogP contribution is 2.37. The lowest BCUT2D eigenvalue weighted by Gasteiger charge is -2.24. The summed E-state index contributed by atoms with van der Waals surface area (Å²) in [6.45, 7) is 7.80. The van der Waals surface area contributed by atoms with E-state index in [1.54, 1.807) is 23.6 Å². The monoisotopic (exact) mass is 465 g/mol. The smallest absolute Gasteiger partial charge is 0.257 e. The predicted octanol–water partition coefficient (Wildman–Crippen LogP) is 4.40. The molecule has 0 saturated carbocycles. The minimum Gasteiger partial charge on any atom is -0.380 e. The van der Waals surface area contributed by atoms with E-state index in [1.165, 1.54) is 5.56 Å². The van der Waals surface area contributed by atoms with Crippen LogP contribution in [0.25, 0.3) is 22.3 Å². The number of rotatable bonds is 9. The van der Waals surface area contributed by atoms with Crippen LogP contribution in [0.5, 0.6) is 0 Å². The molecule has 2 aromatic heterocycles. The summed E-state index contributed by atoms with van der Waals surface area (Å²) >= 11 is 1.76. The lowest BCUT2D eigenvalue weighted by Crippen LogP contribution is -2.27. The number of fused-ring (bicyclic) bond motifs is 4. The maximum atomic E-state index is 13.5. The van der Waals surface area contributed by atoms with Crippen molar-refractivity contribution < 1.29 is 9.53 Å². The normalized spacial score (nSPS) is 13.5. The van der Waals surface area contributed by atoms with Crippen molar-refractivity contribution >= 4 is 29.1 Å². The van der Waals surface area contributed by atoms with Gasteiger partial charge in [0.1, 0.15) is 6.29 Å². The van der Waals surface area contributed by atoms with Crippen molar-refractivity contribution in [2.75, 3.05) is 19.9 Å². The molecule has 174 valence electrons. The van der Waals surface area contributed by atoms with Crippen molar-refractivity contribution in [3.05, 3.63) is 62.9 Å². The Bertz CT molecular complexity index is 1250. The molecule has 0 saturated heterocycles. The van der Waals surface area contributed by atoms with Gasteiger partial charge in [-0.05, 0) is 49.8 Å². The number of pyridine rings is 2. The topological polar surface area (TPSA) is 64.4 Å². The van der Waals surface area contributed by atoms with Crippen molar-refractivity contribution in [3.8, 4) is 11.4 Å². The first kappa shape index (κ1) is 23.7. The van der Waals surface area contributed by atoms with Crippen molar-refractivity contribution in [2.24, 2.45) is 0 Å². The van der Waals surface area contributed by atoms with Crippen molar-refractivity contribution in [3.63, 3.8) is 0 Å². The standard InChI is InChI=1S/C26H31N3O3S/c1-16(2)29(33-5)11-10-18-19-8-6-7-9-23(19)27-25-21(18)13-28-24(25)12-20(17(3)14-30)22(15-32-4)26(28)31/h6-9,12,14,16-17H,10-11,13,15H2,1-5H3. The second-order valence-corrected chi connectivity index (χ2v) is 9.65. The second kappa shape index (κ2) is 9.79. The van der Waals surface area contributed by atoms with Crippen molar-refractivity contribution in [1.29, 1.82) is 0 Å². The first-order valence-electron chi connectivity index (χ1n) is 11.3. The quantitative estimate of drug-likeness (QED) is 0.270. The van der Waals surface area contributed by atoms with Crippen LogP contribution in [-0.2, 0) is 29.1 Å². The van der Waals surface area contributed by atoms with E-state index >= 15 is 0 Å². The Morgan fingerprint density at radius 3 is 2.67 bits per heavy atom. The third-order valence-corrected chi connectivity index (χ3v) is 7.55. The molecule has 1 atom stereocenters. The van der Waals surface area contributed by atoms with Gasteiger partial charge in [0.25, 0.3) is 5.56 Å². The highest BCUT2D eigenvalue weighted by molar-refractivity contribution is 7.96. The van der Waals surface area contributed by atoms with Gasteiger partial charge in [0, 0.05) is 42.1 Å². The summed E-state index contributed by atoms with van der Waals surface area (Å²) in [7, 11) is 1.57. The van der Waals surface area contributed by atoms with Crippen LogP contribution >= 0.6 is 11.9 Å². The van der Waals surface area contributed by atoms with E-state index in [0.717, 1.165) is 52.7 Å². The Morgan fingerprint density at radius 2 is 2.00 bits per heavy atom. The van der Waals surface area contributed by atoms with Crippen LogP contribution in [0.1, 0.15) is 48.9 Å². The Balaban J connectivity index is 1.91. The maximum absolute atomic E-state index is 13.5. The zero-order chi connectivity index (χ0) is 23.7. The molecule has 7 heteroatoms. The summed E-state index contributed by atoms with van der Waals surface area (Å²) in [6, 6.07) is 10.6. The summed E-state index contributed by atoms with van der Waals surface area (Å²) in [5, 5.41) is 1.14. The SMILES string of the molecule is COCc1c(C(C)C=O)cc2n(c1=O)Cc1c-2nc2ccccc2c1CCN(SC)C(C)C. The predicted molar refractivity (Wildman–Crippen MR) is 135 cm³/mol. The van der Waals surface area contributed by atoms with E-state index in [-0.39, 0.29) is 18.1 Å². The van der Waals surface area contributed by atoms with Crippen LogP contribution in [0, 0.1) is 0 Å². The highest BCUT2D eigenvalue weighted by Gasteiger charge is 2.29. The van der Waals surface area contributed by atoms with Crippen LogP contribution in [0.3, 0.4) is 0 Å². The average molecular weight is 466 g/mol. The van der Waals surface area contributed by atoms with Gasteiger partial charge in [0.2, 0.25) is 0 Å². The van der Waals surface area contributed by atoms with Crippen LogP contribution in [0.2, 0.25) is 0 Å². The van der Waals surface area contributed by atoms with Gasteiger partial charge >= 0.3 is 0 Å². The molecule has 1 aromatic carbocycles. The van der Waals surface area contributed by atoms with Gasteiger partial charge in [-0.3, -0.25) is 4.79 Å². The fourth-order valence-electron chi connectivity index (χ4n) is 4.76. The summed E-state index contributed by atoms with van der Waals surface area (Å²) in [5.74, 6) is -0.390. The summed E-state index contributed by atoms with van der Waals surface area (Å²) in [6.07, 6.45) is 3.86. The molecule has 0 N–H and O–H groups in total. The van der Waals surface area contributed by atoms with E-state index in [2.05, 4.69) is 30.5 Å². The largest absolute Gasteiger partial charge is 0.380 e. The molecule has 3 aromatic rings. The van der Waals surface area contributed by atoms with Crippen LogP contribution in [0.15, 0.2) is 35.1 Å². The average Bonchev–Trinajstić information content (AvgIpc) is 3.18. The lowest BCUT2D eigenvalue weighted by atomic mass is 9.95. The van der Waals surface area contributed by atoms with Gasteiger partial charge in [0.15, 0.2) is 0 Å². The molecule has 0 amide bonds. The van der Waals surface area contributed by atoms with Crippen molar-refractivity contribution in [2.45, 2.75) is 52.3 Å². The first-order chi connectivity index (χ1) is 15.9. The van der Waals surface area contributed by atoms with Crippen LogP contribution in [-0.4, -0.2) is 46.1 Å². The summed E-state index contributed by atoms with van der Waals surface area (Å²) in [4.78, 5) is 30.1. The van der Waals surface area contributed by atoms with E-state index < -0.39 is 0 Å². The zero-order valence-corrected chi connectivity index (χ0v) is 20.7. The molecular weight excluding hydrogens is 434 g/mol. The van der Waals surface area contributed by atoms with E-state index in [0.29, 0.717) is 18.2 Å². The molecule has 0 bridgehead atoms. The second-order valence-electron chi connectivity index (χ2n) is 8.81. The van der Waals surface area contributed by atoms with Gasteiger partial charge < -0.3 is 14.1 Å². The zero-order valence-electron chi connectivity index (χ0n) is 19.9. The molecule has 1 aliphatic rings. The number of aromatic nitrogens is 2. The number of ether oxygens (including phenoxy) is 1. The van der Waals surface area contributed by atoms with Gasteiger partial charge in [0.05, 0.1) is 30.1 Å². The summed E-state index contributed by atoms with van der Waals surface area (Å²) in [5.41, 5.74) is 6.10. The van der Waals surface area contributed by atoms with Crippen LogP contribution < -0.4 is 5.56 Å². The van der Waals surface area contributed by atoms with E-state index in [9.17, 15) is 9.59 Å². The third-order valence-electron chi connectivity index (χ3n) is 6.48. The Hall–Kier alpha value is -2.48. The number of hydrogen-bond donors (Lipinski definition) is 0. The number of benzene rings is 1. The third kappa shape index (κ3) is 4.25. The number of carbonyl (C=O) groups excluding carboxylic acids is 1. The molecular formula is C26H31N3O3S. The molecule has 1 unspecified atom stereocenters. The molecule has 3 heterocycles. The lowest BCUT2D eigenvalue weighted by molar-refractivity contribution is -0.108. The molecule has 0 radical (unpaired) electrons. The minimum absolute atomic E-state index is 0.0982. The first-order valence-corrected chi connectivity index (χ1v) is 12.5. The van der Waals surface area contributed by atoms with Gasteiger partial charge in [-0.1, -0.05) is 37.1 Å². The van der Waals surface area contributed by atoms with Gasteiger partial charge in [-0.25, -0.2) is 9.29 Å². The molecule has 0 aliphatic carbocycles. The number of methoxy groups -OCH3 is 1. The molecule has 33 heavy (non-hydrogen) atoms. The maximum Gasteiger partial charge on any atom is 0.257 e. The van der Waals surface area contributed by atoms with Crippen molar-refractivity contribution in [1.82, 2.24) is 13.9 Å². The molecule has 6 nitrogen and oxygen atoms in total.